The number of anilines is 1. The Labute approximate surface area is 165 Å². The molecule has 0 N–H and O–H groups in total. The number of amides is 2. The molecule has 2 heterocycles. The first kappa shape index (κ1) is 19.0. The summed E-state index contributed by atoms with van der Waals surface area (Å²) >= 11 is 0. The summed E-state index contributed by atoms with van der Waals surface area (Å²) in [6, 6.07) is 7.17. The fourth-order valence-corrected chi connectivity index (χ4v) is 4.93. The lowest BCUT2D eigenvalue weighted by Gasteiger charge is -2.44. The number of rotatable bonds is 4. The minimum atomic E-state index is -0.496. The number of fused-ring (bicyclic) bond motifs is 1. The van der Waals surface area contributed by atoms with Crippen LogP contribution in [-0.2, 0) is 14.3 Å². The number of piperidine rings is 1. The van der Waals surface area contributed by atoms with Gasteiger partial charge in [-0.15, -0.1) is 0 Å². The van der Waals surface area contributed by atoms with Gasteiger partial charge in [0.05, 0.1) is 5.56 Å². The molecule has 0 unspecified atom stereocenters. The van der Waals surface area contributed by atoms with Crippen molar-refractivity contribution in [2.75, 3.05) is 24.6 Å². The molecule has 1 aliphatic carbocycles. The molecule has 2 amide bonds. The summed E-state index contributed by atoms with van der Waals surface area (Å²) < 4.78 is 5.30. The largest absolute Gasteiger partial charge is 0.452 e. The van der Waals surface area contributed by atoms with E-state index in [9.17, 15) is 14.4 Å². The summed E-state index contributed by atoms with van der Waals surface area (Å²) in [5.74, 6) is 0.153. The molecule has 3 fully saturated rings. The van der Waals surface area contributed by atoms with E-state index >= 15 is 0 Å². The first-order chi connectivity index (χ1) is 13.6. The number of ether oxygens (including phenoxy) is 1. The molecule has 6 heteroatoms. The maximum Gasteiger partial charge on any atom is 0.338 e. The van der Waals surface area contributed by atoms with Gasteiger partial charge in [-0.25, -0.2) is 4.79 Å². The molecule has 0 spiro atoms. The fourth-order valence-electron chi connectivity index (χ4n) is 4.93. The Balaban J connectivity index is 1.32. The molecule has 1 aromatic carbocycles. The zero-order valence-corrected chi connectivity index (χ0v) is 16.3. The van der Waals surface area contributed by atoms with E-state index in [4.69, 9.17) is 4.74 Å². The van der Waals surface area contributed by atoms with E-state index in [1.807, 2.05) is 4.90 Å². The molecule has 2 atom stereocenters. The van der Waals surface area contributed by atoms with Crippen LogP contribution in [0.5, 0.6) is 0 Å². The van der Waals surface area contributed by atoms with Gasteiger partial charge < -0.3 is 14.5 Å². The lowest BCUT2D eigenvalue weighted by atomic mass is 9.78. The van der Waals surface area contributed by atoms with Gasteiger partial charge in [0, 0.05) is 31.2 Å². The summed E-state index contributed by atoms with van der Waals surface area (Å²) in [6.07, 6.45) is 8.40. The van der Waals surface area contributed by atoms with Crippen molar-refractivity contribution in [1.29, 1.82) is 0 Å². The molecular formula is C22H28N2O4. The van der Waals surface area contributed by atoms with Crippen LogP contribution in [0.2, 0.25) is 0 Å². The van der Waals surface area contributed by atoms with Crippen molar-refractivity contribution in [2.24, 2.45) is 5.92 Å². The normalized spacial score (nSPS) is 24.8. The zero-order valence-electron chi connectivity index (χ0n) is 16.3. The van der Waals surface area contributed by atoms with Crippen molar-refractivity contribution in [3.05, 3.63) is 29.8 Å². The second-order valence-corrected chi connectivity index (χ2v) is 8.11. The van der Waals surface area contributed by atoms with Crippen molar-refractivity contribution in [3.63, 3.8) is 0 Å². The number of carbonyl (C=O) groups is 3. The van der Waals surface area contributed by atoms with Gasteiger partial charge in [-0.3, -0.25) is 9.59 Å². The highest BCUT2D eigenvalue weighted by molar-refractivity contribution is 5.96. The quantitative estimate of drug-likeness (QED) is 0.748. The van der Waals surface area contributed by atoms with Crippen LogP contribution in [-0.4, -0.2) is 48.4 Å². The van der Waals surface area contributed by atoms with Gasteiger partial charge in [-0.1, -0.05) is 12.8 Å². The second-order valence-electron chi connectivity index (χ2n) is 8.11. The monoisotopic (exact) mass is 384 g/mol. The van der Waals surface area contributed by atoms with Crippen LogP contribution in [0.4, 0.5) is 5.69 Å². The maximum atomic E-state index is 12.7. The lowest BCUT2D eigenvalue weighted by molar-refractivity contribution is -0.140. The molecule has 3 aliphatic rings. The van der Waals surface area contributed by atoms with E-state index in [0.717, 1.165) is 38.0 Å². The van der Waals surface area contributed by atoms with Gasteiger partial charge in [-0.2, -0.15) is 0 Å². The summed E-state index contributed by atoms with van der Waals surface area (Å²) in [5.41, 5.74) is 1.20. The molecule has 0 bridgehead atoms. The van der Waals surface area contributed by atoms with Crippen LogP contribution < -0.4 is 4.90 Å². The minimum Gasteiger partial charge on any atom is -0.452 e. The van der Waals surface area contributed by atoms with E-state index in [1.54, 1.807) is 29.2 Å². The van der Waals surface area contributed by atoms with E-state index < -0.39 is 5.97 Å². The van der Waals surface area contributed by atoms with E-state index in [1.165, 1.54) is 25.7 Å². The molecule has 0 aromatic heterocycles. The van der Waals surface area contributed by atoms with Crippen molar-refractivity contribution < 1.29 is 19.1 Å². The fraction of sp³-hybridized carbons (Fsp3) is 0.591. The van der Waals surface area contributed by atoms with Gasteiger partial charge >= 0.3 is 5.97 Å². The predicted octanol–water partition coefficient (Wildman–Crippen LogP) is 3.15. The second kappa shape index (κ2) is 8.33. The Hall–Kier alpha value is -2.37. The highest BCUT2D eigenvalue weighted by atomic mass is 16.5. The Kier molecular flexibility index (Phi) is 5.64. The van der Waals surface area contributed by atoms with Crippen molar-refractivity contribution in [2.45, 2.75) is 57.4 Å². The first-order valence-electron chi connectivity index (χ1n) is 10.5. The molecule has 1 aromatic rings. The highest BCUT2D eigenvalue weighted by Gasteiger charge is 2.35. The molecule has 1 saturated carbocycles. The molecule has 0 radical (unpaired) electrons. The van der Waals surface area contributed by atoms with E-state index in [2.05, 4.69) is 0 Å². The smallest absolute Gasteiger partial charge is 0.338 e. The predicted molar refractivity (Wildman–Crippen MR) is 105 cm³/mol. The topological polar surface area (TPSA) is 66.9 Å². The molecule has 2 aliphatic heterocycles. The number of carbonyl (C=O) groups excluding carboxylic acids is 3. The molecule has 28 heavy (non-hydrogen) atoms. The van der Waals surface area contributed by atoms with Crippen LogP contribution in [0.25, 0.3) is 0 Å². The Morgan fingerprint density at radius 2 is 1.71 bits per heavy atom. The number of esters is 1. The van der Waals surface area contributed by atoms with Gasteiger partial charge in [0.1, 0.15) is 0 Å². The summed E-state index contributed by atoms with van der Waals surface area (Å²) in [6.45, 7) is 1.29. The first-order valence-corrected chi connectivity index (χ1v) is 10.5. The minimum absolute atomic E-state index is 0.0794. The van der Waals surface area contributed by atoms with Crippen molar-refractivity contribution >= 4 is 23.5 Å². The SMILES string of the molecule is O=C(OCC(=O)N1CCC[C@@H]2CCCC[C@H]21)c1ccc(N2CCCC2=O)cc1. The van der Waals surface area contributed by atoms with Crippen LogP contribution >= 0.6 is 0 Å². The van der Waals surface area contributed by atoms with Crippen LogP contribution in [0.3, 0.4) is 0 Å². The Bertz CT molecular complexity index is 743. The van der Waals surface area contributed by atoms with Crippen LogP contribution in [0, 0.1) is 5.92 Å². The van der Waals surface area contributed by atoms with Crippen LogP contribution in [0.15, 0.2) is 24.3 Å². The molecule has 2 saturated heterocycles. The number of benzene rings is 1. The van der Waals surface area contributed by atoms with Gasteiger partial charge in [0.2, 0.25) is 5.91 Å². The van der Waals surface area contributed by atoms with Gasteiger partial charge in [0.25, 0.3) is 5.91 Å². The number of hydrogen-bond donors (Lipinski definition) is 0. The number of nitrogens with zero attached hydrogens (tertiary/aromatic N) is 2. The third kappa shape index (κ3) is 3.91. The zero-order chi connectivity index (χ0) is 19.5. The van der Waals surface area contributed by atoms with Crippen molar-refractivity contribution in [1.82, 2.24) is 4.90 Å². The third-order valence-corrected chi connectivity index (χ3v) is 6.38. The molecule has 4 rings (SSSR count). The van der Waals surface area contributed by atoms with E-state index in [0.29, 0.717) is 23.9 Å². The van der Waals surface area contributed by atoms with Crippen molar-refractivity contribution in [3.8, 4) is 0 Å². The lowest BCUT2D eigenvalue weighted by Crippen LogP contribution is -2.50. The molecular weight excluding hydrogens is 356 g/mol. The maximum absolute atomic E-state index is 12.7. The molecule has 6 nitrogen and oxygen atoms in total. The van der Waals surface area contributed by atoms with Crippen LogP contribution in [0.1, 0.15) is 61.7 Å². The van der Waals surface area contributed by atoms with E-state index in [-0.39, 0.29) is 18.4 Å². The third-order valence-electron chi connectivity index (χ3n) is 6.38. The summed E-state index contributed by atoms with van der Waals surface area (Å²) in [5, 5.41) is 0. The standard InChI is InChI=1S/C22H28N2O4/c25-20-8-4-13-23(20)18-11-9-17(10-12-18)22(27)28-15-21(26)24-14-3-6-16-5-1-2-7-19(16)24/h9-12,16,19H,1-8,13-15H2/t16-,19+/m0/s1. The summed E-state index contributed by atoms with van der Waals surface area (Å²) in [7, 11) is 0. The number of likely N-dealkylation sites (tertiary alicyclic amines) is 1. The Morgan fingerprint density at radius 1 is 0.964 bits per heavy atom. The summed E-state index contributed by atoms with van der Waals surface area (Å²) in [4.78, 5) is 40.5. The average molecular weight is 384 g/mol. The Morgan fingerprint density at radius 3 is 2.46 bits per heavy atom. The molecule has 150 valence electrons. The number of hydrogen-bond acceptors (Lipinski definition) is 4. The van der Waals surface area contributed by atoms with Gasteiger partial charge in [-0.05, 0) is 62.3 Å². The average Bonchev–Trinajstić information content (AvgIpc) is 3.17. The van der Waals surface area contributed by atoms with Gasteiger partial charge in [0.15, 0.2) is 6.61 Å². The highest BCUT2D eigenvalue weighted by Crippen LogP contribution is 2.35.